The van der Waals surface area contributed by atoms with Gasteiger partial charge in [-0.25, -0.2) is 0 Å². The van der Waals surface area contributed by atoms with Crippen molar-refractivity contribution < 1.29 is 0 Å². The molecule has 4 heteroatoms. The van der Waals surface area contributed by atoms with Crippen molar-refractivity contribution in [2.24, 2.45) is 0 Å². The molecular formula is C15H12ClNS2. The number of aryl methyl sites for hydroxylation is 1. The fraction of sp³-hybridized carbons (Fsp3) is 0.133. The highest BCUT2D eigenvalue weighted by Crippen LogP contribution is 2.37. The minimum absolute atomic E-state index is 0.805. The van der Waals surface area contributed by atoms with E-state index in [9.17, 15) is 0 Å². The molecule has 1 nitrogen and oxygen atoms in total. The Hall–Kier alpha value is -1.03. The van der Waals surface area contributed by atoms with Crippen molar-refractivity contribution in [3.63, 3.8) is 0 Å². The smallest absolute Gasteiger partial charge is 0.0963 e. The molecule has 1 aromatic carbocycles. The van der Waals surface area contributed by atoms with Crippen molar-refractivity contribution in [3.8, 4) is 0 Å². The fourth-order valence-electron chi connectivity index (χ4n) is 1.91. The van der Waals surface area contributed by atoms with Crippen LogP contribution in [0.3, 0.4) is 0 Å². The number of aromatic nitrogens is 1. The number of halogens is 1. The van der Waals surface area contributed by atoms with Gasteiger partial charge in [0.15, 0.2) is 0 Å². The Morgan fingerprint density at radius 1 is 1.26 bits per heavy atom. The van der Waals surface area contributed by atoms with Crippen molar-refractivity contribution in [2.75, 3.05) is 0 Å². The molecule has 0 aliphatic carbocycles. The van der Waals surface area contributed by atoms with Gasteiger partial charge in [-0.2, -0.15) is 0 Å². The molecule has 0 amide bonds. The summed E-state index contributed by atoms with van der Waals surface area (Å²) >= 11 is 9.74. The lowest BCUT2D eigenvalue weighted by Crippen LogP contribution is -1.83. The molecule has 0 saturated carbocycles. The fourth-order valence-corrected chi connectivity index (χ4v) is 4.34. The van der Waals surface area contributed by atoms with E-state index in [0.29, 0.717) is 0 Å². The SMILES string of the molecule is Cc1cc(Cl)c2scc(SCc3ccccc3)c2n1. The second-order valence-corrected chi connectivity index (χ2v) is 6.60. The molecule has 0 spiro atoms. The van der Waals surface area contributed by atoms with E-state index in [1.165, 1.54) is 10.5 Å². The van der Waals surface area contributed by atoms with E-state index >= 15 is 0 Å². The van der Waals surface area contributed by atoms with Crippen LogP contribution in [0.5, 0.6) is 0 Å². The monoisotopic (exact) mass is 305 g/mol. The van der Waals surface area contributed by atoms with Gasteiger partial charge in [0, 0.05) is 21.7 Å². The number of fused-ring (bicyclic) bond motifs is 1. The number of thiophene rings is 1. The zero-order valence-electron chi connectivity index (χ0n) is 10.4. The van der Waals surface area contributed by atoms with Crippen LogP contribution >= 0.6 is 34.7 Å². The maximum absolute atomic E-state index is 6.25. The maximum atomic E-state index is 6.25. The van der Waals surface area contributed by atoms with Gasteiger partial charge in [0.25, 0.3) is 0 Å². The Bertz CT molecular complexity index is 707. The number of hydrogen-bond acceptors (Lipinski definition) is 3. The van der Waals surface area contributed by atoms with Crippen LogP contribution in [0.25, 0.3) is 10.2 Å². The molecule has 0 N–H and O–H groups in total. The third kappa shape index (κ3) is 2.78. The first kappa shape index (κ1) is 13.0. The van der Waals surface area contributed by atoms with E-state index in [1.807, 2.05) is 30.8 Å². The molecule has 0 saturated heterocycles. The number of benzene rings is 1. The molecule has 19 heavy (non-hydrogen) atoms. The van der Waals surface area contributed by atoms with Crippen LogP contribution in [0.15, 0.2) is 46.7 Å². The van der Waals surface area contributed by atoms with Gasteiger partial charge in [-0.05, 0) is 18.6 Å². The lowest BCUT2D eigenvalue weighted by atomic mass is 10.2. The molecule has 2 heterocycles. The molecule has 96 valence electrons. The van der Waals surface area contributed by atoms with Crippen LogP contribution in [0.1, 0.15) is 11.3 Å². The molecular weight excluding hydrogens is 294 g/mol. The quantitative estimate of drug-likeness (QED) is 0.588. The minimum Gasteiger partial charge on any atom is -0.251 e. The third-order valence-electron chi connectivity index (χ3n) is 2.81. The molecule has 0 atom stereocenters. The van der Waals surface area contributed by atoms with Crippen LogP contribution in [-0.2, 0) is 5.75 Å². The Labute approximate surface area is 125 Å². The van der Waals surface area contributed by atoms with Gasteiger partial charge in [0.05, 0.1) is 15.2 Å². The van der Waals surface area contributed by atoms with E-state index in [2.05, 4.69) is 34.6 Å². The van der Waals surface area contributed by atoms with Crippen LogP contribution in [0.2, 0.25) is 5.02 Å². The number of hydrogen-bond donors (Lipinski definition) is 0. The van der Waals surface area contributed by atoms with Gasteiger partial charge in [0.2, 0.25) is 0 Å². The minimum atomic E-state index is 0.805. The van der Waals surface area contributed by atoms with Gasteiger partial charge in [-0.3, -0.25) is 4.98 Å². The number of rotatable bonds is 3. The highest BCUT2D eigenvalue weighted by molar-refractivity contribution is 7.98. The molecule has 3 rings (SSSR count). The molecule has 0 fully saturated rings. The normalized spacial score (nSPS) is 11.1. The van der Waals surface area contributed by atoms with Crippen LogP contribution in [0, 0.1) is 6.92 Å². The van der Waals surface area contributed by atoms with Crippen molar-refractivity contribution in [1.29, 1.82) is 0 Å². The summed E-state index contributed by atoms with van der Waals surface area (Å²) in [4.78, 5) is 5.83. The van der Waals surface area contributed by atoms with E-state index in [-0.39, 0.29) is 0 Å². The zero-order valence-corrected chi connectivity index (χ0v) is 12.8. The summed E-state index contributed by atoms with van der Waals surface area (Å²) in [6.45, 7) is 1.98. The summed E-state index contributed by atoms with van der Waals surface area (Å²) in [5.74, 6) is 0.958. The van der Waals surface area contributed by atoms with Gasteiger partial charge in [-0.15, -0.1) is 23.1 Å². The summed E-state index contributed by atoms with van der Waals surface area (Å²) in [5.41, 5.74) is 3.33. The van der Waals surface area contributed by atoms with Crippen LogP contribution in [-0.4, -0.2) is 4.98 Å². The van der Waals surface area contributed by atoms with E-state index < -0.39 is 0 Å². The largest absolute Gasteiger partial charge is 0.251 e. The van der Waals surface area contributed by atoms with Crippen LogP contribution in [0.4, 0.5) is 0 Å². The first-order valence-electron chi connectivity index (χ1n) is 5.95. The standard InChI is InChI=1S/C15H12ClNS2/c1-10-7-12(16)15-14(17-10)13(9-19-15)18-8-11-5-3-2-4-6-11/h2-7,9H,8H2,1H3. The Kier molecular flexibility index (Phi) is 3.78. The van der Waals surface area contributed by atoms with E-state index in [1.54, 1.807) is 11.3 Å². The van der Waals surface area contributed by atoms with Gasteiger partial charge >= 0.3 is 0 Å². The Morgan fingerprint density at radius 2 is 2.05 bits per heavy atom. The topological polar surface area (TPSA) is 12.9 Å². The van der Waals surface area contributed by atoms with Crippen molar-refractivity contribution in [3.05, 3.63) is 58.1 Å². The highest BCUT2D eigenvalue weighted by atomic mass is 35.5. The van der Waals surface area contributed by atoms with Crippen molar-refractivity contribution in [2.45, 2.75) is 17.6 Å². The number of thioether (sulfide) groups is 1. The number of nitrogens with zero attached hydrogens (tertiary/aromatic N) is 1. The summed E-state index contributed by atoms with van der Waals surface area (Å²) in [5, 5.41) is 2.95. The third-order valence-corrected chi connectivity index (χ3v) is 5.47. The predicted octanol–water partition coefficient (Wildman–Crippen LogP) is 5.55. The maximum Gasteiger partial charge on any atom is 0.0963 e. The molecule has 0 unspecified atom stereocenters. The van der Waals surface area contributed by atoms with Gasteiger partial charge < -0.3 is 0 Å². The van der Waals surface area contributed by atoms with Crippen molar-refractivity contribution >= 4 is 44.9 Å². The summed E-state index contributed by atoms with van der Waals surface area (Å²) in [7, 11) is 0. The first-order chi connectivity index (χ1) is 9.24. The van der Waals surface area contributed by atoms with Crippen molar-refractivity contribution in [1.82, 2.24) is 4.98 Å². The second-order valence-electron chi connectivity index (χ2n) is 4.30. The molecule has 3 aromatic rings. The average molecular weight is 306 g/mol. The lowest BCUT2D eigenvalue weighted by molar-refractivity contribution is 1.24. The molecule has 0 aliphatic rings. The lowest BCUT2D eigenvalue weighted by Gasteiger charge is -2.01. The van der Waals surface area contributed by atoms with Crippen LogP contribution < -0.4 is 0 Å². The van der Waals surface area contributed by atoms with Gasteiger partial charge in [0.1, 0.15) is 0 Å². The second kappa shape index (κ2) is 5.53. The van der Waals surface area contributed by atoms with Gasteiger partial charge in [-0.1, -0.05) is 41.9 Å². The predicted molar refractivity (Wildman–Crippen MR) is 85.4 cm³/mol. The summed E-state index contributed by atoms with van der Waals surface area (Å²) < 4.78 is 1.09. The Balaban J connectivity index is 1.89. The van der Waals surface area contributed by atoms with E-state index in [0.717, 1.165) is 26.7 Å². The molecule has 2 aromatic heterocycles. The van der Waals surface area contributed by atoms with E-state index in [4.69, 9.17) is 11.6 Å². The highest BCUT2D eigenvalue weighted by Gasteiger charge is 2.10. The zero-order chi connectivity index (χ0) is 13.2. The summed E-state index contributed by atoms with van der Waals surface area (Å²) in [6.07, 6.45) is 0. The Morgan fingerprint density at radius 3 is 2.84 bits per heavy atom. The summed E-state index contributed by atoms with van der Waals surface area (Å²) in [6, 6.07) is 12.4. The molecule has 0 radical (unpaired) electrons. The molecule has 0 aliphatic heterocycles. The average Bonchev–Trinajstić information content (AvgIpc) is 2.81. The number of pyridine rings is 1. The molecule has 0 bridgehead atoms. The first-order valence-corrected chi connectivity index (χ1v) is 8.19.